The third-order valence-electron chi connectivity index (χ3n) is 2.17. The molecule has 3 N–H and O–H groups in total. The largest absolute Gasteiger partial charge is 0.481 e. The van der Waals surface area contributed by atoms with Crippen molar-refractivity contribution in [2.45, 2.75) is 6.42 Å². The zero-order valence-electron chi connectivity index (χ0n) is 8.18. The number of nitrogens with zero attached hydrogens (tertiary/aromatic N) is 1. The zero-order valence-corrected chi connectivity index (χ0v) is 8.18. The monoisotopic (exact) mass is 204 g/mol. The summed E-state index contributed by atoms with van der Waals surface area (Å²) < 4.78 is 0. The average molecular weight is 204 g/mol. The van der Waals surface area contributed by atoms with E-state index in [1.807, 2.05) is 6.07 Å². The molecule has 4 heteroatoms. The number of aliphatic carboxylic acids is 1. The van der Waals surface area contributed by atoms with E-state index in [0.717, 1.165) is 5.56 Å². The predicted octanol–water partition coefficient (Wildman–Crippen LogP) is 0.760. The van der Waals surface area contributed by atoms with Crippen molar-refractivity contribution in [2.75, 3.05) is 6.54 Å². The molecule has 0 aliphatic heterocycles. The highest BCUT2D eigenvalue weighted by Crippen LogP contribution is 2.10. The Morgan fingerprint density at radius 2 is 2.33 bits per heavy atom. The SMILES string of the molecule is N#Cc1cccc(C[C@H](CN)C(=O)O)c1. The molecule has 0 amide bonds. The molecule has 0 heterocycles. The van der Waals surface area contributed by atoms with E-state index in [1.165, 1.54) is 0 Å². The van der Waals surface area contributed by atoms with Crippen LogP contribution in [0.2, 0.25) is 0 Å². The summed E-state index contributed by atoms with van der Waals surface area (Å²) in [6, 6.07) is 8.91. The molecular weight excluding hydrogens is 192 g/mol. The fourth-order valence-electron chi connectivity index (χ4n) is 1.32. The van der Waals surface area contributed by atoms with Crippen molar-refractivity contribution in [3.63, 3.8) is 0 Å². The van der Waals surface area contributed by atoms with Gasteiger partial charge in [0, 0.05) is 6.54 Å². The molecule has 0 saturated carbocycles. The van der Waals surface area contributed by atoms with Gasteiger partial charge in [-0.15, -0.1) is 0 Å². The summed E-state index contributed by atoms with van der Waals surface area (Å²) in [4.78, 5) is 10.7. The third kappa shape index (κ3) is 3.08. The minimum absolute atomic E-state index is 0.103. The molecule has 15 heavy (non-hydrogen) atoms. The molecule has 0 saturated heterocycles. The van der Waals surface area contributed by atoms with E-state index in [2.05, 4.69) is 0 Å². The van der Waals surface area contributed by atoms with Gasteiger partial charge in [-0.1, -0.05) is 12.1 Å². The van der Waals surface area contributed by atoms with Crippen LogP contribution in [0, 0.1) is 17.2 Å². The van der Waals surface area contributed by atoms with Crippen molar-refractivity contribution in [1.29, 1.82) is 5.26 Å². The Morgan fingerprint density at radius 3 is 2.87 bits per heavy atom. The molecule has 0 unspecified atom stereocenters. The molecular formula is C11H12N2O2. The van der Waals surface area contributed by atoms with Crippen molar-refractivity contribution >= 4 is 5.97 Å². The summed E-state index contributed by atoms with van der Waals surface area (Å²) in [7, 11) is 0. The fraction of sp³-hybridized carbons (Fsp3) is 0.273. The van der Waals surface area contributed by atoms with Gasteiger partial charge in [0.1, 0.15) is 0 Å². The number of hydrogen-bond acceptors (Lipinski definition) is 3. The third-order valence-corrected chi connectivity index (χ3v) is 2.17. The molecule has 78 valence electrons. The van der Waals surface area contributed by atoms with E-state index in [9.17, 15) is 4.79 Å². The summed E-state index contributed by atoms with van der Waals surface area (Å²) in [5, 5.41) is 17.5. The van der Waals surface area contributed by atoms with Gasteiger partial charge < -0.3 is 10.8 Å². The smallest absolute Gasteiger partial charge is 0.308 e. The van der Waals surface area contributed by atoms with Crippen molar-refractivity contribution < 1.29 is 9.90 Å². The molecule has 0 spiro atoms. The van der Waals surface area contributed by atoms with Gasteiger partial charge in [-0.3, -0.25) is 4.79 Å². The Hall–Kier alpha value is -1.86. The molecule has 0 aromatic heterocycles. The number of nitrogens with two attached hydrogens (primary N) is 1. The van der Waals surface area contributed by atoms with Gasteiger partial charge in [-0.25, -0.2) is 0 Å². The van der Waals surface area contributed by atoms with Crippen LogP contribution in [0.4, 0.5) is 0 Å². The average Bonchev–Trinajstić information content (AvgIpc) is 2.25. The Kier molecular flexibility index (Phi) is 3.83. The number of carboxylic acids is 1. The Morgan fingerprint density at radius 1 is 1.60 bits per heavy atom. The lowest BCUT2D eigenvalue weighted by Crippen LogP contribution is -2.25. The van der Waals surface area contributed by atoms with Gasteiger partial charge >= 0.3 is 5.97 Å². The van der Waals surface area contributed by atoms with E-state index in [4.69, 9.17) is 16.1 Å². The number of carbonyl (C=O) groups is 1. The van der Waals surface area contributed by atoms with Gasteiger partial charge in [-0.2, -0.15) is 5.26 Å². The van der Waals surface area contributed by atoms with Crippen LogP contribution in [0.15, 0.2) is 24.3 Å². The Bertz CT molecular complexity index is 396. The minimum Gasteiger partial charge on any atom is -0.481 e. The summed E-state index contributed by atoms with van der Waals surface area (Å²) >= 11 is 0. The summed E-state index contributed by atoms with van der Waals surface area (Å²) in [6.45, 7) is 0.103. The van der Waals surface area contributed by atoms with Crippen molar-refractivity contribution in [1.82, 2.24) is 0 Å². The molecule has 0 aliphatic carbocycles. The first kappa shape index (κ1) is 11.2. The zero-order chi connectivity index (χ0) is 11.3. The van der Waals surface area contributed by atoms with Crippen molar-refractivity contribution in [3.05, 3.63) is 35.4 Å². The second-order valence-corrected chi connectivity index (χ2v) is 3.29. The number of nitriles is 1. The van der Waals surface area contributed by atoms with E-state index >= 15 is 0 Å². The Labute approximate surface area is 87.9 Å². The molecule has 1 atom stereocenters. The van der Waals surface area contributed by atoms with Crippen LogP contribution in [0.5, 0.6) is 0 Å². The standard InChI is InChI=1S/C11H12N2O2/c12-6-9-3-1-2-8(4-9)5-10(7-13)11(14)15/h1-4,10H,5,7,13H2,(H,14,15)/t10-/m1/s1. The van der Waals surface area contributed by atoms with Gasteiger partial charge in [-0.05, 0) is 24.1 Å². The van der Waals surface area contributed by atoms with Gasteiger partial charge in [0.25, 0.3) is 0 Å². The number of hydrogen-bond donors (Lipinski definition) is 2. The molecule has 0 aliphatic rings. The lowest BCUT2D eigenvalue weighted by molar-refractivity contribution is -0.141. The molecule has 1 aromatic carbocycles. The number of carboxylic acid groups (broad SMARTS) is 1. The van der Waals surface area contributed by atoms with E-state index < -0.39 is 11.9 Å². The summed E-state index contributed by atoms with van der Waals surface area (Å²) in [6.07, 6.45) is 0.362. The lowest BCUT2D eigenvalue weighted by Gasteiger charge is -2.09. The van der Waals surface area contributed by atoms with Crippen LogP contribution in [-0.4, -0.2) is 17.6 Å². The van der Waals surface area contributed by atoms with Crippen LogP contribution >= 0.6 is 0 Å². The Balaban J connectivity index is 2.80. The van der Waals surface area contributed by atoms with Crippen LogP contribution in [0.1, 0.15) is 11.1 Å². The van der Waals surface area contributed by atoms with Crippen molar-refractivity contribution in [3.8, 4) is 6.07 Å². The lowest BCUT2D eigenvalue weighted by atomic mass is 9.98. The molecule has 0 fully saturated rings. The van der Waals surface area contributed by atoms with E-state index in [1.54, 1.807) is 24.3 Å². The normalized spacial score (nSPS) is 11.7. The maximum atomic E-state index is 10.7. The van der Waals surface area contributed by atoms with Gasteiger partial charge in [0.15, 0.2) is 0 Å². The van der Waals surface area contributed by atoms with Crippen LogP contribution in [0.3, 0.4) is 0 Å². The first-order valence-corrected chi connectivity index (χ1v) is 4.59. The summed E-state index contributed by atoms with van der Waals surface area (Å²) in [5.41, 5.74) is 6.71. The second-order valence-electron chi connectivity index (χ2n) is 3.29. The number of benzene rings is 1. The highest BCUT2D eigenvalue weighted by Gasteiger charge is 2.15. The van der Waals surface area contributed by atoms with Gasteiger partial charge in [0.05, 0.1) is 17.6 Å². The van der Waals surface area contributed by atoms with Crippen molar-refractivity contribution in [2.24, 2.45) is 11.7 Å². The van der Waals surface area contributed by atoms with Gasteiger partial charge in [0.2, 0.25) is 0 Å². The quantitative estimate of drug-likeness (QED) is 0.758. The molecule has 1 rings (SSSR count). The first-order valence-electron chi connectivity index (χ1n) is 4.59. The molecule has 4 nitrogen and oxygen atoms in total. The maximum absolute atomic E-state index is 10.7. The number of rotatable bonds is 4. The fourth-order valence-corrected chi connectivity index (χ4v) is 1.32. The molecule has 0 bridgehead atoms. The van der Waals surface area contributed by atoms with E-state index in [0.29, 0.717) is 12.0 Å². The topological polar surface area (TPSA) is 87.1 Å². The highest BCUT2D eigenvalue weighted by atomic mass is 16.4. The van der Waals surface area contributed by atoms with Crippen LogP contribution in [-0.2, 0) is 11.2 Å². The summed E-state index contributed by atoms with van der Waals surface area (Å²) in [5.74, 6) is -1.49. The molecule has 0 radical (unpaired) electrons. The predicted molar refractivity (Wildman–Crippen MR) is 55.0 cm³/mol. The van der Waals surface area contributed by atoms with Crippen LogP contribution in [0.25, 0.3) is 0 Å². The minimum atomic E-state index is -0.903. The van der Waals surface area contributed by atoms with Crippen LogP contribution < -0.4 is 5.73 Å². The first-order chi connectivity index (χ1) is 7.17. The molecule has 1 aromatic rings. The highest BCUT2D eigenvalue weighted by molar-refractivity contribution is 5.70. The second kappa shape index (κ2) is 5.13. The van der Waals surface area contributed by atoms with E-state index in [-0.39, 0.29) is 6.54 Å². The maximum Gasteiger partial charge on any atom is 0.308 e.